The molecular weight excluding hydrogens is 264 g/mol. The Morgan fingerprint density at radius 2 is 2.25 bits per heavy atom. The SMILES string of the molecule is COc1cccc(C(=O)Nc2cnn(CC(=O)O)n2)c1. The summed E-state index contributed by atoms with van der Waals surface area (Å²) in [6, 6.07) is 6.62. The second-order valence-electron chi connectivity index (χ2n) is 3.84. The minimum absolute atomic E-state index is 0.180. The van der Waals surface area contributed by atoms with Crippen LogP contribution in [0.2, 0.25) is 0 Å². The van der Waals surface area contributed by atoms with Crippen molar-refractivity contribution >= 4 is 17.7 Å². The first kappa shape index (κ1) is 13.5. The molecule has 0 saturated heterocycles. The van der Waals surface area contributed by atoms with Gasteiger partial charge in [0, 0.05) is 5.56 Å². The summed E-state index contributed by atoms with van der Waals surface area (Å²) in [5.41, 5.74) is 0.400. The number of aliphatic carboxylic acids is 1. The number of carboxylic acids is 1. The van der Waals surface area contributed by atoms with Crippen molar-refractivity contribution in [2.75, 3.05) is 12.4 Å². The number of nitrogens with one attached hydrogen (secondary N) is 1. The number of hydrogen-bond donors (Lipinski definition) is 2. The average molecular weight is 276 g/mol. The number of aromatic nitrogens is 3. The molecule has 1 heterocycles. The number of carboxylic acid groups (broad SMARTS) is 1. The molecule has 1 amide bonds. The number of carbonyl (C=O) groups is 2. The number of methoxy groups -OCH3 is 1. The third kappa shape index (κ3) is 3.31. The summed E-state index contributed by atoms with van der Waals surface area (Å²) in [6.07, 6.45) is 1.28. The fraction of sp³-hybridized carbons (Fsp3) is 0.167. The molecule has 0 unspecified atom stereocenters. The van der Waals surface area contributed by atoms with E-state index < -0.39 is 5.97 Å². The lowest BCUT2D eigenvalue weighted by Gasteiger charge is -2.04. The molecule has 8 heteroatoms. The molecule has 1 aromatic carbocycles. The molecule has 0 bridgehead atoms. The summed E-state index contributed by atoms with van der Waals surface area (Å²) in [5.74, 6) is -0.705. The first-order valence-electron chi connectivity index (χ1n) is 5.66. The van der Waals surface area contributed by atoms with Gasteiger partial charge in [-0.3, -0.25) is 9.59 Å². The Kier molecular flexibility index (Phi) is 3.94. The van der Waals surface area contributed by atoms with Crippen LogP contribution in [0.4, 0.5) is 5.82 Å². The zero-order valence-corrected chi connectivity index (χ0v) is 10.6. The molecule has 8 nitrogen and oxygen atoms in total. The maximum Gasteiger partial charge on any atom is 0.327 e. The number of anilines is 1. The van der Waals surface area contributed by atoms with Gasteiger partial charge in [0.2, 0.25) is 0 Å². The fourth-order valence-electron chi connectivity index (χ4n) is 1.50. The Hall–Kier alpha value is -2.90. The third-order valence-electron chi connectivity index (χ3n) is 2.39. The normalized spacial score (nSPS) is 10.1. The van der Waals surface area contributed by atoms with Crippen molar-refractivity contribution < 1.29 is 19.4 Å². The molecule has 0 saturated carbocycles. The summed E-state index contributed by atoms with van der Waals surface area (Å²) >= 11 is 0. The maximum absolute atomic E-state index is 12.0. The molecule has 2 rings (SSSR count). The Balaban J connectivity index is 2.07. The van der Waals surface area contributed by atoms with E-state index in [1.165, 1.54) is 13.3 Å². The molecule has 0 aliphatic heterocycles. The van der Waals surface area contributed by atoms with Gasteiger partial charge in [-0.1, -0.05) is 6.07 Å². The highest BCUT2D eigenvalue weighted by Crippen LogP contribution is 2.13. The van der Waals surface area contributed by atoms with Crippen LogP contribution in [-0.4, -0.2) is 39.1 Å². The van der Waals surface area contributed by atoms with Crippen molar-refractivity contribution in [3.05, 3.63) is 36.0 Å². The molecule has 2 aromatic rings. The van der Waals surface area contributed by atoms with Crippen LogP contribution in [0.15, 0.2) is 30.5 Å². The lowest BCUT2D eigenvalue weighted by Crippen LogP contribution is -2.14. The number of carbonyl (C=O) groups excluding carboxylic acids is 1. The minimum atomic E-state index is -1.06. The Morgan fingerprint density at radius 1 is 1.45 bits per heavy atom. The van der Waals surface area contributed by atoms with Gasteiger partial charge in [-0.05, 0) is 18.2 Å². The standard InChI is InChI=1S/C12H12N4O4/c1-20-9-4-2-3-8(5-9)12(19)14-10-6-13-16(15-10)7-11(17)18/h2-6H,7H2,1H3,(H,17,18)(H,14,15,19). The van der Waals surface area contributed by atoms with Crippen molar-refractivity contribution in [1.29, 1.82) is 0 Å². The second-order valence-corrected chi connectivity index (χ2v) is 3.84. The average Bonchev–Trinajstić information content (AvgIpc) is 2.85. The summed E-state index contributed by atoms with van der Waals surface area (Å²) in [4.78, 5) is 23.4. The van der Waals surface area contributed by atoms with Crippen molar-refractivity contribution in [3.63, 3.8) is 0 Å². The van der Waals surface area contributed by atoms with Crippen LogP contribution in [-0.2, 0) is 11.3 Å². The van der Waals surface area contributed by atoms with Crippen LogP contribution >= 0.6 is 0 Å². The second kappa shape index (κ2) is 5.83. The van der Waals surface area contributed by atoms with E-state index in [1.54, 1.807) is 24.3 Å². The molecule has 0 fully saturated rings. The number of ether oxygens (including phenoxy) is 1. The molecule has 0 spiro atoms. The van der Waals surface area contributed by atoms with Gasteiger partial charge in [-0.15, -0.1) is 5.10 Å². The van der Waals surface area contributed by atoms with Crippen LogP contribution in [0.3, 0.4) is 0 Å². The molecule has 20 heavy (non-hydrogen) atoms. The van der Waals surface area contributed by atoms with Crippen LogP contribution in [0, 0.1) is 0 Å². The molecule has 0 aliphatic rings. The Morgan fingerprint density at radius 3 is 2.95 bits per heavy atom. The molecule has 104 valence electrons. The van der Waals surface area contributed by atoms with E-state index in [9.17, 15) is 9.59 Å². The van der Waals surface area contributed by atoms with E-state index >= 15 is 0 Å². The van der Waals surface area contributed by atoms with Crippen LogP contribution in [0.1, 0.15) is 10.4 Å². The van der Waals surface area contributed by atoms with Crippen LogP contribution in [0.5, 0.6) is 5.75 Å². The zero-order chi connectivity index (χ0) is 14.5. The summed E-state index contributed by atoms with van der Waals surface area (Å²) in [5, 5.41) is 18.7. The van der Waals surface area contributed by atoms with Gasteiger partial charge in [0.15, 0.2) is 12.4 Å². The molecule has 0 aliphatic carbocycles. The van der Waals surface area contributed by atoms with Crippen molar-refractivity contribution in [2.24, 2.45) is 0 Å². The van der Waals surface area contributed by atoms with Gasteiger partial charge in [0.05, 0.1) is 13.3 Å². The van der Waals surface area contributed by atoms with Crippen LogP contribution < -0.4 is 10.1 Å². The summed E-state index contributed by atoms with van der Waals surface area (Å²) in [6.45, 7) is -0.366. The lowest BCUT2D eigenvalue weighted by molar-refractivity contribution is -0.138. The highest BCUT2D eigenvalue weighted by molar-refractivity contribution is 6.03. The molecule has 2 N–H and O–H groups in total. The summed E-state index contributed by atoms with van der Waals surface area (Å²) in [7, 11) is 1.51. The topological polar surface area (TPSA) is 106 Å². The fourth-order valence-corrected chi connectivity index (χ4v) is 1.50. The van der Waals surface area contributed by atoms with Gasteiger partial charge < -0.3 is 15.2 Å². The largest absolute Gasteiger partial charge is 0.497 e. The first-order valence-corrected chi connectivity index (χ1v) is 5.66. The molecule has 0 radical (unpaired) electrons. The zero-order valence-electron chi connectivity index (χ0n) is 10.6. The third-order valence-corrected chi connectivity index (χ3v) is 2.39. The van der Waals surface area contributed by atoms with Crippen LogP contribution in [0.25, 0.3) is 0 Å². The van der Waals surface area contributed by atoms with E-state index in [1.807, 2.05) is 0 Å². The molecule has 0 atom stereocenters. The smallest absolute Gasteiger partial charge is 0.327 e. The molecular formula is C12H12N4O4. The number of rotatable bonds is 5. The highest BCUT2D eigenvalue weighted by Gasteiger charge is 2.10. The quantitative estimate of drug-likeness (QED) is 0.829. The van der Waals surface area contributed by atoms with Gasteiger partial charge in [-0.2, -0.15) is 9.90 Å². The van der Waals surface area contributed by atoms with Gasteiger partial charge in [0.1, 0.15) is 5.75 Å². The van der Waals surface area contributed by atoms with E-state index in [-0.39, 0.29) is 18.3 Å². The number of amides is 1. The van der Waals surface area contributed by atoms with Crippen molar-refractivity contribution in [2.45, 2.75) is 6.54 Å². The van der Waals surface area contributed by atoms with Gasteiger partial charge in [-0.25, -0.2) is 0 Å². The first-order chi connectivity index (χ1) is 9.58. The molecule has 1 aromatic heterocycles. The van der Waals surface area contributed by atoms with E-state index in [0.29, 0.717) is 11.3 Å². The number of benzene rings is 1. The predicted molar refractivity (Wildman–Crippen MR) is 68.6 cm³/mol. The van der Waals surface area contributed by atoms with E-state index in [0.717, 1.165) is 4.80 Å². The monoisotopic (exact) mass is 276 g/mol. The van der Waals surface area contributed by atoms with Crippen molar-refractivity contribution in [1.82, 2.24) is 15.0 Å². The van der Waals surface area contributed by atoms with E-state index in [4.69, 9.17) is 9.84 Å². The minimum Gasteiger partial charge on any atom is -0.497 e. The predicted octanol–water partition coefficient (Wildman–Crippen LogP) is 0.624. The summed E-state index contributed by atoms with van der Waals surface area (Å²) < 4.78 is 5.03. The maximum atomic E-state index is 12.0. The van der Waals surface area contributed by atoms with Gasteiger partial charge >= 0.3 is 5.97 Å². The number of hydrogen-bond acceptors (Lipinski definition) is 5. The Bertz CT molecular complexity index is 638. The van der Waals surface area contributed by atoms with E-state index in [2.05, 4.69) is 15.5 Å². The number of nitrogens with zero attached hydrogens (tertiary/aromatic N) is 3. The van der Waals surface area contributed by atoms with Gasteiger partial charge in [0.25, 0.3) is 5.91 Å². The van der Waals surface area contributed by atoms with Crippen molar-refractivity contribution in [3.8, 4) is 5.75 Å². The highest BCUT2D eigenvalue weighted by atomic mass is 16.5. The Labute approximate surface area is 114 Å². The lowest BCUT2D eigenvalue weighted by atomic mass is 10.2.